The molecule has 0 aliphatic heterocycles. The van der Waals surface area contributed by atoms with Crippen LogP contribution in [-0.4, -0.2) is 48.0 Å². The number of hydrogen-bond donors (Lipinski definition) is 2. The van der Waals surface area contributed by atoms with Gasteiger partial charge < -0.3 is 15.2 Å². The molecule has 118 valence electrons. The second-order valence-corrected chi connectivity index (χ2v) is 5.64. The summed E-state index contributed by atoms with van der Waals surface area (Å²) < 4.78 is 4.86. The van der Waals surface area contributed by atoms with E-state index in [9.17, 15) is 9.59 Å². The van der Waals surface area contributed by atoms with E-state index in [0.29, 0.717) is 17.5 Å². The van der Waals surface area contributed by atoms with Crippen LogP contribution < -0.4 is 10.6 Å². The fraction of sp³-hybridized carbons (Fsp3) is 0.643. The summed E-state index contributed by atoms with van der Waals surface area (Å²) in [6, 6.07) is 1.74. The van der Waals surface area contributed by atoms with Crippen LogP contribution in [0, 0.1) is 12.8 Å². The first-order chi connectivity index (χ1) is 9.77. The summed E-state index contributed by atoms with van der Waals surface area (Å²) in [4.78, 5) is 25.2. The third-order valence-corrected chi connectivity index (χ3v) is 3.11. The topological polar surface area (TPSA) is 87.5 Å². The van der Waals surface area contributed by atoms with Gasteiger partial charge in [0.2, 0.25) is 11.8 Å². The van der Waals surface area contributed by atoms with Crippen molar-refractivity contribution < 1.29 is 14.1 Å². The average Bonchev–Trinajstić information content (AvgIpc) is 2.73. The molecule has 0 aliphatic carbocycles. The molecule has 0 aromatic carbocycles. The molecular weight excluding hydrogens is 272 g/mol. The molecule has 1 atom stereocenters. The van der Waals surface area contributed by atoms with E-state index in [4.69, 9.17) is 4.52 Å². The Bertz CT molecular complexity index is 484. The number of hydrogen-bond acceptors (Lipinski definition) is 5. The number of rotatable bonds is 7. The maximum Gasteiger partial charge on any atom is 0.239 e. The van der Waals surface area contributed by atoms with Crippen LogP contribution in [0.1, 0.15) is 26.5 Å². The molecule has 1 aromatic heterocycles. The van der Waals surface area contributed by atoms with Gasteiger partial charge in [-0.1, -0.05) is 19.0 Å². The van der Waals surface area contributed by atoms with E-state index in [-0.39, 0.29) is 30.9 Å². The number of likely N-dealkylation sites (N-methyl/N-ethyl adjacent to an activating group) is 1. The van der Waals surface area contributed by atoms with E-state index in [2.05, 4.69) is 15.8 Å². The van der Waals surface area contributed by atoms with Gasteiger partial charge in [0.1, 0.15) is 5.76 Å². The summed E-state index contributed by atoms with van der Waals surface area (Å²) in [5, 5.41) is 9.18. The maximum absolute atomic E-state index is 11.8. The molecule has 7 heteroatoms. The Hall–Kier alpha value is -1.89. The molecule has 0 saturated heterocycles. The largest absolute Gasteiger partial charge is 0.360 e. The summed E-state index contributed by atoms with van der Waals surface area (Å²) in [6.07, 6.45) is 0. The number of aromatic nitrogens is 1. The van der Waals surface area contributed by atoms with Gasteiger partial charge in [0, 0.05) is 12.1 Å². The molecule has 0 aliphatic rings. The second kappa shape index (κ2) is 7.78. The number of aryl methyl sites for hydroxylation is 1. The SMILES string of the molecule is Cc1cc(NC(=O)CN(C)CC(=O)N[C@@H](C)C(C)C)no1. The normalized spacial score (nSPS) is 12.5. The summed E-state index contributed by atoms with van der Waals surface area (Å²) in [6.45, 7) is 8.07. The zero-order valence-electron chi connectivity index (χ0n) is 13.3. The first-order valence-electron chi connectivity index (χ1n) is 6.99. The average molecular weight is 296 g/mol. The lowest BCUT2D eigenvalue weighted by Gasteiger charge is -2.20. The molecule has 1 heterocycles. The van der Waals surface area contributed by atoms with Crippen LogP contribution >= 0.6 is 0 Å². The van der Waals surface area contributed by atoms with Gasteiger partial charge in [-0.05, 0) is 26.8 Å². The van der Waals surface area contributed by atoms with E-state index < -0.39 is 0 Å². The van der Waals surface area contributed by atoms with Crippen molar-refractivity contribution in [3.8, 4) is 0 Å². The number of anilines is 1. The highest BCUT2D eigenvalue weighted by Crippen LogP contribution is 2.06. The third-order valence-electron chi connectivity index (χ3n) is 3.11. The van der Waals surface area contributed by atoms with E-state index in [1.165, 1.54) is 0 Å². The van der Waals surface area contributed by atoms with Crippen LogP contribution in [0.4, 0.5) is 5.82 Å². The first-order valence-corrected chi connectivity index (χ1v) is 6.99. The fourth-order valence-electron chi connectivity index (χ4n) is 1.62. The molecule has 21 heavy (non-hydrogen) atoms. The number of carbonyl (C=O) groups excluding carboxylic acids is 2. The minimum Gasteiger partial charge on any atom is -0.360 e. The Kier molecular flexibility index (Phi) is 6.36. The molecule has 0 unspecified atom stereocenters. The highest BCUT2D eigenvalue weighted by Gasteiger charge is 2.15. The minimum absolute atomic E-state index is 0.0937. The number of nitrogens with one attached hydrogen (secondary N) is 2. The summed E-state index contributed by atoms with van der Waals surface area (Å²) in [7, 11) is 1.72. The van der Waals surface area contributed by atoms with E-state index in [0.717, 1.165) is 0 Å². The number of amides is 2. The van der Waals surface area contributed by atoms with Gasteiger partial charge in [-0.2, -0.15) is 0 Å². The summed E-state index contributed by atoms with van der Waals surface area (Å²) >= 11 is 0. The van der Waals surface area contributed by atoms with E-state index in [1.807, 2.05) is 20.8 Å². The Morgan fingerprint density at radius 2 is 1.90 bits per heavy atom. The molecule has 1 aromatic rings. The van der Waals surface area contributed by atoms with Crippen LogP contribution in [-0.2, 0) is 9.59 Å². The first kappa shape index (κ1) is 17.2. The molecule has 0 radical (unpaired) electrons. The Labute approximate surface area is 125 Å². The van der Waals surface area contributed by atoms with Crippen LogP contribution in [0.2, 0.25) is 0 Å². The smallest absolute Gasteiger partial charge is 0.239 e. The van der Waals surface area contributed by atoms with Crippen LogP contribution in [0.3, 0.4) is 0 Å². The molecule has 0 bridgehead atoms. The van der Waals surface area contributed by atoms with Crippen molar-refractivity contribution in [1.82, 2.24) is 15.4 Å². The number of carbonyl (C=O) groups is 2. The number of nitrogens with zero attached hydrogens (tertiary/aromatic N) is 2. The van der Waals surface area contributed by atoms with Crippen LogP contribution in [0.15, 0.2) is 10.6 Å². The molecule has 7 nitrogen and oxygen atoms in total. The molecular formula is C14H24N4O3. The van der Waals surface area contributed by atoms with Gasteiger partial charge in [0.25, 0.3) is 0 Å². The van der Waals surface area contributed by atoms with E-state index in [1.54, 1.807) is 24.9 Å². The highest BCUT2D eigenvalue weighted by atomic mass is 16.5. The van der Waals surface area contributed by atoms with Crippen molar-refractivity contribution in [3.63, 3.8) is 0 Å². The van der Waals surface area contributed by atoms with Crippen molar-refractivity contribution >= 4 is 17.6 Å². The summed E-state index contributed by atoms with van der Waals surface area (Å²) in [5.41, 5.74) is 0. The highest BCUT2D eigenvalue weighted by molar-refractivity contribution is 5.91. The lowest BCUT2D eigenvalue weighted by molar-refractivity contribution is -0.123. The second-order valence-electron chi connectivity index (χ2n) is 5.64. The Balaban J connectivity index is 2.34. The van der Waals surface area contributed by atoms with E-state index >= 15 is 0 Å². The van der Waals surface area contributed by atoms with Crippen molar-refractivity contribution in [2.24, 2.45) is 5.92 Å². The van der Waals surface area contributed by atoms with Gasteiger partial charge in [0.05, 0.1) is 13.1 Å². The third kappa shape index (κ3) is 6.40. The minimum atomic E-state index is -0.240. The molecule has 0 saturated carbocycles. The van der Waals surface area contributed by atoms with Crippen molar-refractivity contribution in [2.75, 3.05) is 25.5 Å². The molecule has 0 fully saturated rings. The van der Waals surface area contributed by atoms with Crippen molar-refractivity contribution in [2.45, 2.75) is 33.7 Å². The fourth-order valence-corrected chi connectivity index (χ4v) is 1.62. The van der Waals surface area contributed by atoms with Crippen molar-refractivity contribution in [3.05, 3.63) is 11.8 Å². The standard InChI is InChI=1S/C14H24N4O3/c1-9(2)11(4)15-13(19)7-18(5)8-14(20)16-12-6-10(3)21-17-12/h6,9,11H,7-8H2,1-5H3,(H,15,19)(H,16,17,20)/t11-/m0/s1. The predicted octanol–water partition coefficient (Wildman–Crippen LogP) is 1.01. The monoisotopic (exact) mass is 296 g/mol. The van der Waals surface area contributed by atoms with Crippen LogP contribution in [0.25, 0.3) is 0 Å². The Morgan fingerprint density at radius 3 is 2.43 bits per heavy atom. The summed E-state index contributed by atoms with van der Waals surface area (Å²) in [5.74, 6) is 1.04. The molecule has 2 amide bonds. The molecule has 2 N–H and O–H groups in total. The van der Waals surface area contributed by atoms with Crippen LogP contribution in [0.5, 0.6) is 0 Å². The lowest BCUT2D eigenvalue weighted by atomic mass is 10.1. The molecule has 1 rings (SSSR count). The van der Waals surface area contributed by atoms with Gasteiger partial charge in [-0.15, -0.1) is 0 Å². The quantitative estimate of drug-likeness (QED) is 0.784. The Morgan fingerprint density at radius 1 is 1.29 bits per heavy atom. The molecule has 0 spiro atoms. The zero-order valence-corrected chi connectivity index (χ0v) is 13.3. The predicted molar refractivity (Wildman–Crippen MR) is 79.8 cm³/mol. The van der Waals surface area contributed by atoms with Gasteiger partial charge in [-0.3, -0.25) is 14.5 Å². The zero-order chi connectivity index (χ0) is 16.0. The maximum atomic E-state index is 11.8. The van der Waals surface area contributed by atoms with Gasteiger partial charge >= 0.3 is 0 Å². The lowest BCUT2D eigenvalue weighted by Crippen LogP contribution is -2.43. The van der Waals surface area contributed by atoms with Gasteiger partial charge in [0.15, 0.2) is 5.82 Å². The van der Waals surface area contributed by atoms with Gasteiger partial charge in [-0.25, -0.2) is 0 Å². The van der Waals surface area contributed by atoms with Crippen molar-refractivity contribution in [1.29, 1.82) is 0 Å².